The minimum Gasteiger partial charge on any atom is -1.00 e. The maximum Gasteiger partial charge on any atom is -1.00 e. The van der Waals surface area contributed by atoms with Crippen LogP contribution in [0, 0.1) is 0 Å². The van der Waals surface area contributed by atoms with Crippen molar-refractivity contribution in [3.63, 3.8) is 0 Å². The van der Waals surface area contributed by atoms with Crippen molar-refractivity contribution in [2.45, 2.75) is 33.6 Å². The molecule has 0 bridgehead atoms. The van der Waals surface area contributed by atoms with Crippen LogP contribution in [-0.4, -0.2) is 23.1 Å². The monoisotopic (exact) mass is 263 g/mol. The number of hydrogen-bond acceptors (Lipinski definition) is 2. The van der Waals surface area contributed by atoms with Gasteiger partial charge in [-0.15, -0.1) is 0 Å². The van der Waals surface area contributed by atoms with Crippen molar-refractivity contribution in [1.82, 2.24) is 3.38 Å². The Kier molecular flexibility index (Phi) is 23.8. The summed E-state index contributed by atoms with van der Waals surface area (Å²) in [5.41, 5.74) is 0. The van der Waals surface area contributed by atoms with Crippen LogP contribution in [0.5, 0.6) is 0 Å². The molecule has 0 aromatic carbocycles. The molecule has 0 atom stereocenters. The molecule has 0 aliphatic heterocycles. The van der Waals surface area contributed by atoms with Gasteiger partial charge in [0.25, 0.3) is 0 Å². The second kappa shape index (κ2) is 15.7. The van der Waals surface area contributed by atoms with E-state index in [1.807, 2.05) is 0 Å². The first-order valence-corrected chi connectivity index (χ1v) is 5.81. The summed E-state index contributed by atoms with van der Waals surface area (Å²) >= 11 is -0.247. The van der Waals surface area contributed by atoms with Gasteiger partial charge >= 0.3 is 79.8 Å². The van der Waals surface area contributed by atoms with E-state index in [0.717, 1.165) is 6.61 Å². The Bertz CT molecular complexity index is 82.5. The van der Waals surface area contributed by atoms with Crippen LogP contribution in [0.15, 0.2) is 0 Å². The van der Waals surface area contributed by atoms with Crippen LogP contribution in [0.3, 0.4) is 0 Å². The van der Waals surface area contributed by atoms with E-state index in [1.165, 1.54) is 25.9 Å². The number of halogens is 2. The Labute approximate surface area is 104 Å². The van der Waals surface area contributed by atoms with Crippen molar-refractivity contribution in [3.05, 3.63) is 0 Å². The average molecular weight is 264 g/mol. The zero-order chi connectivity index (χ0) is 8.53. The smallest absolute Gasteiger partial charge is 1.00 e. The predicted molar refractivity (Wildman–Crippen MR) is 43.8 cm³/mol. The van der Waals surface area contributed by atoms with Crippen molar-refractivity contribution >= 4 is 0 Å². The Morgan fingerprint density at radius 3 is 1.77 bits per heavy atom. The molecule has 0 aliphatic carbocycles. The molecular weight excluding hydrogens is 245 g/mol. The zero-order valence-corrected chi connectivity index (χ0v) is 11.7. The number of nitrogens with zero attached hydrogens (tertiary/aromatic N) is 1. The summed E-state index contributed by atoms with van der Waals surface area (Å²) in [5.74, 6) is 0. The van der Waals surface area contributed by atoms with Crippen molar-refractivity contribution in [3.8, 4) is 0 Å². The van der Waals surface area contributed by atoms with Gasteiger partial charge < -0.3 is 24.8 Å². The molecule has 0 rings (SSSR count). The summed E-state index contributed by atoms with van der Waals surface area (Å²) in [6.07, 6.45) is 2.49. The van der Waals surface area contributed by atoms with Gasteiger partial charge in [0.15, 0.2) is 0 Å². The van der Waals surface area contributed by atoms with Gasteiger partial charge in [-0.2, -0.15) is 0 Å². The Morgan fingerprint density at radius 1 is 1.00 bits per heavy atom. The van der Waals surface area contributed by atoms with Crippen molar-refractivity contribution in [2.75, 3.05) is 19.7 Å². The van der Waals surface area contributed by atoms with E-state index in [-0.39, 0.29) is 44.6 Å². The fourth-order valence-corrected chi connectivity index (χ4v) is 2.37. The van der Waals surface area contributed by atoms with Crippen LogP contribution < -0.4 is 24.8 Å². The first-order valence-electron chi connectivity index (χ1n) is 4.47. The van der Waals surface area contributed by atoms with Crippen LogP contribution in [0.4, 0.5) is 0 Å². The molecular formula is C8H19Cl2NOTi. The van der Waals surface area contributed by atoms with Gasteiger partial charge in [0.2, 0.25) is 0 Å². The Hall–Kier alpha value is 1.21. The molecule has 2 nitrogen and oxygen atoms in total. The standard InChI is InChI=1S/C6H14N.C2H5O.2ClH.Ti/c1-3-5-7-6-4-2;1-2-3;;;/h3-6H2,1-2H3;2H2,1H3;2*1H;/q2*-1;;;+4/p-2. The third-order valence-electron chi connectivity index (χ3n) is 1.33. The molecule has 0 aromatic heterocycles. The summed E-state index contributed by atoms with van der Waals surface area (Å²) in [6, 6.07) is 0. The van der Waals surface area contributed by atoms with Crippen LogP contribution in [0.2, 0.25) is 0 Å². The molecule has 0 aromatic rings. The van der Waals surface area contributed by atoms with Crippen molar-refractivity contribution in [1.29, 1.82) is 0 Å². The van der Waals surface area contributed by atoms with E-state index < -0.39 is 0 Å². The normalized spacial score (nSPS) is 8.62. The van der Waals surface area contributed by atoms with Crippen LogP contribution in [0.1, 0.15) is 33.6 Å². The summed E-state index contributed by atoms with van der Waals surface area (Å²) in [6.45, 7) is 9.83. The maximum absolute atomic E-state index is 5.45. The summed E-state index contributed by atoms with van der Waals surface area (Å²) < 4.78 is 7.93. The van der Waals surface area contributed by atoms with Gasteiger partial charge in [0.1, 0.15) is 0 Å². The molecule has 5 heteroatoms. The van der Waals surface area contributed by atoms with Crippen molar-refractivity contribution in [2.24, 2.45) is 0 Å². The molecule has 0 fully saturated rings. The van der Waals surface area contributed by atoms with E-state index in [4.69, 9.17) is 3.32 Å². The minimum atomic E-state index is -0.247. The second-order valence-electron chi connectivity index (χ2n) is 2.51. The summed E-state index contributed by atoms with van der Waals surface area (Å²) in [7, 11) is 0. The maximum atomic E-state index is 5.45. The fourth-order valence-electron chi connectivity index (χ4n) is 0.899. The minimum absolute atomic E-state index is 0. The second-order valence-corrected chi connectivity index (χ2v) is 4.23. The van der Waals surface area contributed by atoms with Gasteiger partial charge in [0.05, 0.1) is 0 Å². The first kappa shape index (κ1) is 19.7. The predicted octanol–water partition coefficient (Wildman–Crippen LogP) is -3.93. The van der Waals surface area contributed by atoms with E-state index in [9.17, 15) is 0 Å². The fraction of sp³-hybridized carbons (Fsp3) is 1.00. The van der Waals surface area contributed by atoms with Crippen molar-refractivity contribution < 1.29 is 47.9 Å². The van der Waals surface area contributed by atoms with Gasteiger partial charge in [-0.1, -0.05) is 0 Å². The molecule has 0 amide bonds. The van der Waals surface area contributed by atoms with E-state index in [0.29, 0.717) is 0 Å². The zero-order valence-electron chi connectivity index (χ0n) is 8.65. The molecule has 0 saturated carbocycles. The topological polar surface area (TPSA) is 12.5 Å². The molecule has 0 radical (unpaired) electrons. The molecule has 0 heterocycles. The molecule has 0 unspecified atom stereocenters. The molecule has 0 spiro atoms. The number of hydrogen-bond donors (Lipinski definition) is 0. The van der Waals surface area contributed by atoms with Gasteiger partial charge in [-0.05, 0) is 0 Å². The first-order chi connectivity index (χ1) is 5.35. The molecule has 13 heavy (non-hydrogen) atoms. The van der Waals surface area contributed by atoms with Gasteiger partial charge in [0, 0.05) is 0 Å². The molecule has 0 saturated heterocycles. The third kappa shape index (κ3) is 13.2. The molecule has 0 N–H and O–H groups in total. The SMILES string of the molecule is CCC[N](CCC)[Ti+2][O]CC.[Cl-].[Cl-]. The quantitative estimate of drug-likeness (QED) is 0.435. The van der Waals surface area contributed by atoms with E-state index >= 15 is 0 Å². The van der Waals surface area contributed by atoms with Crippen LogP contribution >= 0.6 is 0 Å². The third-order valence-corrected chi connectivity index (χ3v) is 3.08. The van der Waals surface area contributed by atoms with E-state index in [2.05, 4.69) is 24.2 Å². The molecule has 0 aliphatic rings. The largest absolute Gasteiger partial charge is 1.00 e. The Balaban J connectivity index is -0.000000500. The van der Waals surface area contributed by atoms with E-state index in [1.54, 1.807) is 0 Å². The number of rotatable bonds is 7. The van der Waals surface area contributed by atoms with Crippen LogP contribution in [-0.2, 0) is 23.1 Å². The molecule has 80 valence electrons. The average Bonchev–Trinajstić information content (AvgIpc) is 2.01. The van der Waals surface area contributed by atoms with Gasteiger partial charge in [-0.3, -0.25) is 0 Å². The van der Waals surface area contributed by atoms with Gasteiger partial charge in [-0.25, -0.2) is 0 Å². The summed E-state index contributed by atoms with van der Waals surface area (Å²) in [5, 5.41) is 0. The Morgan fingerprint density at radius 2 is 1.46 bits per heavy atom. The van der Waals surface area contributed by atoms with Crippen LogP contribution in [0.25, 0.3) is 0 Å². The summed E-state index contributed by atoms with van der Waals surface area (Å²) in [4.78, 5) is 0.